The number of amides is 2. The van der Waals surface area contributed by atoms with E-state index in [0.29, 0.717) is 23.4 Å². The van der Waals surface area contributed by atoms with Crippen LogP contribution in [0.4, 0.5) is 5.69 Å². The van der Waals surface area contributed by atoms with Crippen molar-refractivity contribution < 1.29 is 24.5 Å². The maximum atomic E-state index is 13.4. The molecule has 3 aromatic rings. The minimum Gasteiger partial charge on any atom is -0.496 e. The lowest BCUT2D eigenvalue weighted by atomic mass is 9.85. The number of hydrogen-bond donors (Lipinski definition) is 5. The molecule has 6 N–H and O–H groups in total. The number of rotatable bonds is 9. The zero-order valence-electron chi connectivity index (χ0n) is 20.4. The molecule has 35 heavy (non-hydrogen) atoms. The monoisotopic (exact) mass is 483 g/mol. The van der Waals surface area contributed by atoms with E-state index in [9.17, 15) is 19.8 Å². The van der Waals surface area contributed by atoms with Gasteiger partial charge < -0.3 is 31.3 Å². The van der Waals surface area contributed by atoms with Gasteiger partial charge in [-0.25, -0.2) is 0 Å². The second-order valence-corrected chi connectivity index (χ2v) is 9.44. The Hall–Kier alpha value is -3.63. The van der Waals surface area contributed by atoms with Gasteiger partial charge in [-0.3, -0.25) is 14.3 Å². The molecule has 0 radical (unpaired) electrons. The Morgan fingerprint density at radius 3 is 2.43 bits per heavy atom. The van der Waals surface area contributed by atoms with Gasteiger partial charge in [-0.1, -0.05) is 45.0 Å². The molecule has 1 aromatic heterocycles. The molecule has 0 fully saturated rings. The molecule has 188 valence electrons. The number of aliphatic hydroxyl groups is 2. The fraction of sp³-hybridized carbons (Fsp3) is 0.400. The second kappa shape index (κ2) is 10.7. The molecule has 0 aliphatic carbocycles. The highest BCUT2D eigenvalue weighted by Gasteiger charge is 2.35. The maximum absolute atomic E-state index is 13.4. The number of benzene rings is 2. The van der Waals surface area contributed by atoms with Crippen LogP contribution in [0.3, 0.4) is 0 Å². The summed E-state index contributed by atoms with van der Waals surface area (Å²) in [5.41, 5.74) is 7.56. The van der Waals surface area contributed by atoms with E-state index in [2.05, 4.69) is 15.7 Å². The van der Waals surface area contributed by atoms with Gasteiger partial charge in [0, 0.05) is 22.7 Å². The lowest BCUT2D eigenvalue weighted by Crippen LogP contribution is -2.56. The first-order valence-electron chi connectivity index (χ1n) is 11.3. The summed E-state index contributed by atoms with van der Waals surface area (Å²) >= 11 is 0. The average molecular weight is 484 g/mol. The van der Waals surface area contributed by atoms with Crippen molar-refractivity contribution in [3.05, 3.63) is 53.7 Å². The third-order valence-corrected chi connectivity index (χ3v) is 5.70. The van der Waals surface area contributed by atoms with Gasteiger partial charge in [0.2, 0.25) is 5.91 Å². The number of nitrogens with one attached hydrogen (secondary N) is 2. The van der Waals surface area contributed by atoms with E-state index >= 15 is 0 Å². The van der Waals surface area contributed by atoms with Crippen LogP contribution >= 0.6 is 0 Å². The number of para-hydroxylation sites is 1. The molecule has 2 aromatic carbocycles. The number of nitrogen functional groups attached to an aromatic ring is 1. The molecule has 0 saturated carbocycles. The number of aliphatic hydroxyl groups excluding tert-OH is 2. The second-order valence-electron chi connectivity index (χ2n) is 9.44. The number of nitrogens with zero attached hydrogens (tertiary/aromatic N) is 2. The first-order valence-corrected chi connectivity index (χ1v) is 11.3. The predicted molar refractivity (Wildman–Crippen MR) is 133 cm³/mol. The highest BCUT2D eigenvalue weighted by atomic mass is 16.5. The quantitative estimate of drug-likeness (QED) is 0.288. The number of nitrogens with two attached hydrogens (primary N) is 1. The Morgan fingerprint density at radius 2 is 1.80 bits per heavy atom. The largest absolute Gasteiger partial charge is 0.496 e. The van der Waals surface area contributed by atoms with Crippen LogP contribution in [0.1, 0.15) is 36.8 Å². The molecule has 10 nitrogen and oxygen atoms in total. The van der Waals surface area contributed by atoms with Crippen LogP contribution in [-0.2, 0) is 11.3 Å². The molecule has 10 heteroatoms. The fourth-order valence-corrected chi connectivity index (χ4v) is 3.78. The Morgan fingerprint density at radius 1 is 1.11 bits per heavy atom. The van der Waals surface area contributed by atoms with Gasteiger partial charge in [0.25, 0.3) is 5.91 Å². The number of fused-ring (bicyclic) bond motifs is 1. The number of carbonyl (C=O) groups is 2. The van der Waals surface area contributed by atoms with E-state index < -0.39 is 42.5 Å². The lowest BCUT2D eigenvalue weighted by Gasteiger charge is -2.31. The lowest BCUT2D eigenvalue weighted by molar-refractivity contribution is -0.126. The van der Waals surface area contributed by atoms with E-state index in [0.717, 1.165) is 11.1 Å². The molecule has 0 saturated heterocycles. The number of methoxy groups -OCH3 is 1. The van der Waals surface area contributed by atoms with Gasteiger partial charge in [-0.05, 0) is 17.5 Å². The molecule has 0 bridgehead atoms. The predicted octanol–water partition coefficient (Wildman–Crippen LogP) is 1.29. The first kappa shape index (κ1) is 26.0. The molecular weight excluding hydrogens is 450 g/mol. The molecule has 0 aliphatic heterocycles. The molecule has 0 aliphatic rings. The van der Waals surface area contributed by atoms with Crippen LogP contribution in [0.2, 0.25) is 0 Å². The molecule has 1 heterocycles. The Labute approximate surface area is 204 Å². The van der Waals surface area contributed by atoms with Crippen molar-refractivity contribution in [2.45, 2.75) is 39.4 Å². The van der Waals surface area contributed by atoms with Crippen molar-refractivity contribution in [2.75, 3.05) is 26.1 Å². The van der Waals surface area contributed by atoms with E-state index in [1.807, 2.05) is 45.0 Å². The van der Waals surface area contributed by atoms with Gasteiger partial charge in [-0.2, -0.15) is 5.10 Å². The third kappa shape index (κ3) is 5.90. The summed E-state index contributed by atoms with van der Waals surface area (Å²) < 4.78 is 7.16. The maximum Gasteiger partial charge on any atom is 0.273 e. The van der Waals surface area contributed by atoms with Crippen molar-refractivity contribution in [1.29, 1.82) is 0 Å². The number of carbonyl (C=O) groups excluding carboxylic acids is 2. The smallest absolute Gasteiger partial charge is 0.273 e. The highest BCUT2D eigenvalue weighted by Crippen LogP contribution is 2.26. The minimum atomic E-state index is -0.934. The topological polar surface area (TPSA) is 152 Å². The third-order valence-electron chi connectivity index (χ3n) is 5.70. The zero-order chi connectivity index (χ0) is 25.8. The summed E-state index contributed by atoms with van der Waals surface area (Å²) in [6, 6.07) is 10.9. The summed E-state index contributed by atoms with van der Waals surface area (Å²) in [5.74, 6) is -0.402. The summed E-state index contributed by atoms with van der Waals surface area (Å²) in [7, 11) is 1.56. The molecule has 0 spiro atoms. The van der Waals surface area contributed by atoms with E-state index in [1.165, 1.54) is 0 Å². The first-order chi connectivity index (χ1) is 16.6. The number of aromatic nitrogens is 2. The Bertz CT molecular complexity index is 1200. The van der Waals surface area contributed by atoms with Gasteiger partial charge in [0.05, 0.1) is 38.4 Å². The molecule has 2 amide bonds. The average Bonchev–Trinajstić information content (AvgIpc) is 3.19. The minimum absolute atomic E-state index is 0.179. The summed E-state index contributed by atoms with van der Waals surface area (Å²) in [6.07, 6.45) is 0. The highest BCUT2D eigenvalue weighted by molar-refractivity contribution is 6.06. The van der Waals surface area contributed by atoms with Crippen molar-refractivity contribution >= 4 is 28.4 Å². The van der Waals surface area contributed by atoms with Gasteiger partial charge in [0.15, 0.2) is 5.69 Å². The van der Waals surface area contributed by atoms with Gasteiger partial charge in [-0.15, -0.1) is 0 Å². The van der Waals surface area contributed by atoms with Gasteiger partial charge in [0.1, 0.15) is 11.8 Å². The van der Waals surface area contributed by atoms with Crippen molar-refractivity contribution in [3.63, 3.8) is 0 Å². The SMILES string of the molecule is COc1cc(N)ccc1Cn1nc(C(=O)NC(C(=O)NC(CO)CO)C(C)(C)C)c2ccccc21. The van der Waals surface area contributed by atoms with E-state index in [-0.39, 0.29) is 5.69 Å². The van der Waals surface area contributed by atoms with E-state index in [4.69, 9.17) is 10.5 Å². The standard InChI is InChI=1S/C25H33N5O5/c1-25(2,3)22(24(34)27-17(13-31)14-32)28-23(33)21-18-7-5-6-8-19(18)30(29-21)12-15-9-10-16(26)11-20(15)35-4/h5-11,17,22,31-32H,12-14,26H2,1-4H3,(H,27,34)(H,28,33). The van der Waals surface area contributed by atoms with E-state index in [1.54, 1.807) is 30.0 Å². The van der Waals surface area contributed by atoms with Crippen LogP contribution in [0, 0.1) is 5.41 Å². The summed E-state index contributed by atoms with van der Waals surface area (Å²) in [5, 5.41) is 29.2. The van der Waals surface area contributed by atoms with Crippen LogP contribution in [0.15, 0.2) is 42.5 Å². The zero-order valence-corrected chi connectivity index (χ0v) is 20.4. The molecule has 1 unspecified atom stereocenters. The van der Waals surface area contributed by atoms with Crippen molar-refractivity contribution in [2.24, 2.45) is 5.41 Å². The fourth-order valence-electron chi connectivity index (χ4n) is 3.78. The summed E-state index contributed by atoms with van der Waals surface area (Å²) in [6.45, 7) is 4.94. The van der Waals surface area contributed by atoms with Crippen LogP contribution < -0.4 is 21.1 Å². The molecular formula is C25H33N5O5. The number of anilines is 1. The summed E-state index contributed by atoms with van der Waals surface area (Å²) in [4.78, 5) is 26.3. The van der Waals surface area contributed by atoms with Crippen LogP contribution in [-0.4, -0.2) is 64.2 Å². The molecule has 1 atom stereocenters. The Kier molecular flexibility index (Phi) is 7.98. The Balaban J connectivity index is 1.94. The number of ether oxygens (including phenoxy) is 1. The normalized spacial score (nSPS) is 12.5. The van der Waals surface area contributed by atoms with Crippen molar-refractivity contribution in [1.82, 2.24) is 20.4 Å². The van der Waals surface area contributed by atoms with Gasteiger partial charge >= 0.3 is 0 Å². The van der Waals surface area contributed by atoms with Crippen molar-refractivity contribution in [3.8, 4) is 5.75 Å². The van der Waals surface area contributed by atoms with Crippen LogP contribution in [0.25, 0.3) is 10.9 Å². The molecule has 3 rings (SSSR count). The van der Waals surface area contributed by atoms with Crippen LogP contribution in [0.5, 0.6) is 5.75 Å². The number of hydrogen-bond acceptors (Lipinski definition) is 7.